The van der Waals surface area contributed by atoms with Gasteiger partial charge in [0.05, 0.1) is 12.1 Å². The highest BCUT2D eigenvalue weighted by Gasteiger charge is 2.06. The number of carboxylic acid groups (broad SMARTS) is 1. The van der Waals surface area contributed by atoms with Crippen LogP contribution in [0.2, 0.25) is 0 Å². The molecule has 1 N–H and O–H groups in total. The lowest BCUT2D eigenvalue weighted by molar-refractivity contribution is 0.0696. The summed E-state index contributed by atoms with van der Waals surface area (Å²) in [7, 11) is 0. The quantitative estimate of drug-likeness (QED) is 0.864. The Kier molecular flexibility index (Phi) is 2.82. The molecule has 2 heterocycles. The van der Waals surface area contributed by atoms with E-state index in [1.165, 1.54) is 34.2 Å². The second-order valence-corrected chi connectivity index (χ2v) is 4.09. The van der Waals surface area contributed by atoms with Gasteiger partial charge in [0.25, 0.3) is 5.56 Å². The van der Waals surface area contributed by atoms with Gasteiger partial charge in [0.1, 0.15) is 5.01 Å². The molecule has 0 spiro atoms. The van der Waals surface area contributed by atoms with Crippen molar-refractivity contribution in [3.05, 3.63) is 50.8 Å². The summed E-state index contributed by atoms with van der Waals surface area (Å²) in [5.41, 5.74) is -0.142. The number of thiazole rings is 1. The Morgan fingerprint density at radius 2 is 2.31 bits per heavy atom. The zero-order chi connectivity index (χ0) is 11.5. The number of carboxylic acids is 1. The molecule has 0 aromatic carbocycles. The molecule has 0 amide bonds. The number of aromatic carboxylic acids is 1. The molecule has 2 rings (SSSR count). The molecule has 2 aromatic rings. The first-order chi connectivity index (χ1) is 7.66. The highest BCUT2D eigenvalue weighted by atomic mass is 32.1. The van der Waals surface area contributed by atoms with Gasteiger partial charge in [0.15, 0.2) is 0 Å². The van der Waals surface area contributed by atoms with Gasteiger partial charge in [0.2, 0.25) is 0 Å². The molecule has 0 unspecified atom stereocenters. The molecule has 82 valence electrons. The van der Waals surface area contributed by atoms with E-state index in [0.29, 0.717) is 6.54 Å². The van der Waals surface area contributed by atoms with Crippen LogP contribution in [0.15, 0.2) is 34.7 Å². The zero-order valence-electron chi connectivity index (χ0n) is 8.16. The maximum absolute atomic E-state index is 11.5. The molecule has 0 aliphatic rings. The van der Waals surface area contributed by atoms with Crippen molar-refractivity contribution in [3.63, 3.8) is 0 Å². The molecule has 0 saturated carbocycles. The Balaban J connectivity index is 2.36. The molecule has 16 heavy (non-hydrogen) atoms. The Morgan fingerprint density at radius 3 is 2.94 bits per heavy atom. The van der Waals surface area contributed by atoms with Crippen molar-refractivity contribution in [2.75, 3.05) is 0 Å². The van der Waals surface area contributed by atoms with Gasteiger partial charge in [-0.3, -0.25) is 4.79 Å². The number of rotatable bonds is 3. The van der Waals surface area contributed by atoms with Crippen LogP contribution >= 0.6 is 11.3 Å². The van der Waals surface area contributed by atoms with E-state index in [-0.39, 0.29) is 11.1 Å². The number of pyridine rings is 1. The fourth-order valence-corrected chi connectivity index (χ4v) is 1.87. The molecule has 0 bridgehead atoms. The summed E-state index contributed by atoms with van der Waals surface area (Å²) in [6.45, 7) is 0.303. The lowest BCUT2D eigenvalue weighted by Gasteiger charge is -2.03. The molecule has 0 fully saturated rings. The van der Waals surface area contributed by atoms with E-state index in [9.17, 15) is 9.59 Å². The number of carbonyl (C=O) groups is 1. The van der Waals surface area contributed by atoms with Gasteiger partial charge in [-0.25, -0.2) is 9.78 Å². The maximum Gasteiger partial charge on any atom is 0.337 e. The monoisotopic (exact) mass is 236 g/mol. The van der Waals surface area contributed by atoms with Gasteiger partial charge < -0.3 is 9.67 Å². The molecule has 0 aliphatic heterocycles. The predicted molar refractivity (Wildman–Crippen MR) is 58.9 cm³/mol. The highest BCUT2D eigenvalue weighted by molar-refractivity contribution is 7.09. The van der Waals surface area contributed by atoms with Crippen molar-refractivity contribution in [1.82, 2.24) is 9.55 Å². The SMILES string of the molecule is O=C(O)c1ccc(=O)n(Cc2nccs2)c1. The van der Waals surface area contributed by atoms with E-state index >= 15 is 0 Å². The normalized spacial score (nSPS) is 10.2. The summed E-state index contributed by atoms with van der Waals surface area (Å²) >= 11 is 1.42. The van der Waals surface area contributed by atoms with Crippen LogP contribution in [-0.4, -0.2) is 20.6 Å². The Hall–Kier alpha value is -1.95. The number of hydrogen-bond donors (Lipinski definition) is 1. The predicted octanol–water partition coefficient (Wildman–Crippen LogP) is 1.05. The summed E-state index contributed by atoms with van der Waals surface area (Å²) < 4.78 is 1.34. The summed E-state index contributed by atoms with van der Waals surface area (Å²) in [4.78, 5) is 26.2. The fourth-order valence-electron chi connectivity index (χ4n) is 1.26. The Morgan fingerprint density at radius 1 is 1.50 bits per heavy atom. The highest BCUT2D eigenvalue weighted by Crippen LogP contribution is 2.05. The van der Waals surface area contributed by atoms with Gasteiger partial charge in [-0.2, -0.15) is 0 Å². The van der Waals surface area contributed by atoms with E-state index < -0.39 is 5.97 Å². The summed E-state index contributed by atoms with van der Waals surface area (Å²) in [5.74, 6) is -1.05. The lowest BCUT2D eigenvalue weighted by Crippen LogP contribution is -2.20. The fraction of sp³-hybridized carbons (Fsp3) is 0.100. The van der Waals surface area contributed by atoms with Crippen LogP contribution < -0.4 is 5.56 Å². The Labute approximate surface area is 94.6 Å². The standard InChI is InChI=1S/C10H8N2O3S/c13-9-2-1-7(10(14)15)5-12(9)6-8-11-3-4-16-8/h1-5H,6H2,(H,14,15). The molecular weight excluding hydrogens is 228 g/mol. The molecule has 0 radical (unpaired) electrons. The van der Waals surface area contributed by atoms with Crippen LogP contribution in [0.5, 0.6) is 0 Å². The van der Waals surface area contributed by atoms with Crippen LogP contribution in [0, 0.1) is 0 Å². The number of hydrogen-bond acceptors (Lipinski definition) is 4. The maximum atomic E-state index is 11.5. The van der Waals surface area contributed by atoms with E-state index in [1.807, 2.05) is 0 Å². The van der Waals surface area contributed by atoms with Gasteiger partial charge in [0, 0.05) is 23.8 Å². The van der Waals surface area contributed by atoms with Crippen LogP contribution in [0.25, 0.3) is 0 Å². The van der Waals surface area contributed by atoms with Gasteiger partial charge >= 0.3 is 5.97 Å². The Bertz CT molecular complexity index is 560. The molecule has 5 nitrogen and oxygen atoms in total. The molecule has 2 aromatic heterocycles. The third-order valence-electron chi connectivity index (χ3n) is 2.02. The van der Waals surface area contributed by atoms with E-state index in [0.717, 1.165) is 5.01 Å². The van der Waals surface area contributed by atoms with E-state index in [1.54, 1.807) is 11.6 Å². The average molecular weight is 236 g/mol. The van der Waals surface area contributed by atoms with Crippen LogP contribution in [0.4, 0.5) is 0 Å². The van der Waals surface area contributed by atoms with E-state index in [4.69, 9.17) is 5.11 Å². The van der Waals surface area contributed by atoms with Crippen molar-refractivity contribution < 1.29 is 9.90 Å². The molecule has 0 aliphatic carbocycles. The first-order valence-corrected chi connectivity index (χ1v) is 5.37. The lowest BCUT2D eigenvalue weighted by atomic mass is 10.3. The third kappa shape index (κ3) is 2.17. The number of nitrogens with zero attached hydrogens (tertiary/aromatic N) is 2. The first kappa shape index (κ1) is 10.6. The molecule has 0 saturated heterocycles. The molecule has 6 heteroatoms. The molecular formula is C10H8N2O3S. The minimum absolute atomic E-state index is 0.0937. The smallest absolute Gasteiger partial charge is 0.337 e. The van der Waals surface area contributed by atoms with Crippen molar-refractivity contribution in [2.24, 2.45) is 0 Å². The zero-order valence-corrected chi connectivity index (χ0v) is 8.98. The molecule has 0 atom stereocenters. The van der Waals surface area contributed by atoms with Crippen LogP contribution in [0.3, 0.4) is 0 Å². The second kappa shape index (κ2) is 4.28. The number of aromatic nitrogens is 2. The summed E-state index contributed by atoms with van der Waals surface area (Å²) in [5, 5.41) is 11.4. The largest absolute Gasteiger partial charge is 0.478 e. The third-order valence-corrected chi connectivity index (χ3v) is 2.78. The van der Waals surface area contributed by atoms with E-state index in [2.05, 4.69) is 4.98 Å². The van der Waals surface area contributed by atoms with Crippen molar-refractivity contribution >= 4 is 17.3 Å². The van der Waals surface area contributed by atoms with Crippen molar-refractivity contribution in [2.45, 2.75) is 6.54 Å². The topological polar surface area (TPSA) is 72.2 Å². The first-order valence-electron chi connectivity index (χ1n) is 4.49. The summed E-state index contributed by atoms with van der Waals surface area (Å²) in [6.07, 6.45) is 2.97. The second-order valence-electron chi connectivity index (χ2n) is 3.11. The van der Waals surface area contributed by atoms with Crippen molar-refractivity contribution in [3.8, 4) is 0 Å². The van der Waals surface area contributed by atoms with Crippen LogP contribution in [0.1, 0.15) is 15.4 Å². The minimum Gasteiger partial charge on any atom is -0.478 e. The average Bonchev–Trinajstić information content (AvgIpc) is 2.73. The van der Waals surface area contributed by atoms with Gasteiger partial charge in [-0.05, 0) is 6.07 Å². The van der Waals surface area contributed by atoms with Crippen molar-refractivity contribution in [1.29, 1.82) is 0 Å². The minimum atomic E-state index is -1.05. The van der Waals surface area contributed by atoms with Crippen LogP contribution in [-0.2, 0) is 6.54 Å². The summed E-state index contributed by atoms with van der Waals surface area (Å²) in [6, 6.07) is 2.54. The van der Waals surface area contributed by atoms with Gasteiger partial charge in [-0.1, -0.05) is 0 Å². The van der Waals surface area contributed by atoms with Gasteiger partial charge in [-0.15, -0.1) is 11.3 Å².